The molecule has 1 unspecified atom stereocenters. The van der Waals surface area contributed by atoms with Crippen LogP contribution in [0.1, 0.15) is 17.1 Å². The zero-order valence-electron chi connectivity index (χ0n) is 14.6. The fourth-order valence-electron chi connectivity index (χ4n) is 2.04. The van der Waals surface area contributed by atoms with Crippen molar-refractivity contribution in [3.63, 3.8) is 0 Å². The van der Waals surface area contributed by atoms with Crippen molar-refractivity contribution >= 4 is 28.3 Å². The Hall–Kier alpha value is -3.28. The van der Waals surface area contributed by atoms with Crippen molar-refractivity contribution in [3.05, 3.63) is 47.0 Å². The van der Waals surface area contributed by atoms with E-state index >= 15 is 0 Å². The molecule has 0 aliphatic heterocycles. The summed E-state index contributed by atoms with van der Waals surface area (Å²) in [6.07, 6.45) is 1.88. The minimum absolute atomic E-state index is 0.116. The van der Waals surface area contributed by atoms with E-state index in [1.807, 2.05) is 0 Å². The standard InChI is InChI=1S/C16H18FN7O3S/c17-10(8-19-9-12(22-18)15(26)27)4-5-14-23-24-16(28-14)21-13(25)7-11-3-1-2-6-20-11/h1-3,6,9-10,18-19H,4-5,7-8H2,(H,26,27)(H,21,24,25)/b12-9-,22-18?. The molecule has 1 amide bonds. The summed E-state index contributed by atoms with van der Waals surface area (Å²) in [6.45, 7) is -0.126. The Balaban J connectivity index is 1.74. The molecule has 0 aliphatic rings. The lowest BCUT2D eigenvalue weighted by atomic mass is 10.2. The number of amides is 1. The van der Waals surface area contributed by atoms with Gasteiger partial charge in [0, 0.05) is 31.1 Å². The number of halogens is 1. The van der Waals surface area contributed by atoms with Crippen LogP contribution in [0.2, 0.25) is 0 Å². The van der Waals surface area contributed by atoms with Gasteiger partial charge in [0.2, 0.25) is 11.0 Å². The van der Waals surface area contributed by atoms with Crippen LogP contribution in [0.4, 0.5) is 9.52 Å². The molecule has 0 aromatic carbocycles. The highest BCUT2D eigenvalue weighted by Crippen LogP contribution is 2.18. The Kier molecular flexibility index (Phi) is 8.09. The van der Waals surface area contributed by atoms with Crippen LogP contribution in [-0.4, -0.2) is 44.9 Å². The fourth-order valence-corrected chi connectivity index (χ4v) is 2.81. The quantitative estimate of drug-likeness (QED) is 0.328. The summed E-state index contributed by atoms with van der Waals surface area (Å²) >= 11 is 1.16. The van der Waals surface area contributed by atoms with Crippen LogP contribution in [-0.2, 0) is 22.4 Å². The van der Waals surface area contributed by atoms with Crippen LogP contribution in [0.3, 0.4) is 0 Å². The first-order valence-electron chi connectivity index (χ1n) is 8.18. The highest BCUT2D eigenvalue weighted by molar-refractivity contribution is 7.15. The number of hydrogen-bond acceptors (Lipinski definition) is 9. The molecule has 2 rings (SSSR count). The largest absolute Gasteiger partial charge is 0.476 e. The number of carboxylic acids is 1. The Morgan fingerprint density at radius 3 is 2.89 bits per heavy atom. The van der Waals surface area contributed by atoms with Crippen LogP contribution in [0.5, 0.6) is 0 Å². The number of hydrogen-bond donors (Lipinski definition) is 4. The topological polar surface area (TPSA) is 153 Å². The van der Waals surface area contributed by atoms with Crippen molar-refractivity contribution < 1.29 is 19.1 Å². The van der Waals surface area contributed by atoms with Crippen molar-refractivity contribution in [3.8, 4) is 0 Å². The van der Waals surface area contributed by atoms with E-state index in [0.717, 1.165) is 17.5 Å². The summed E-state index contributed by atoms with van der Waals surface area (Å²) in [4.78, 5) is 26.7. The number of nitrogens with zero attached hydrogens (tertiary/aromatic N) is 4. The molecule has 0 saturated carbocycles. The maximum Gasteiger partial charge on any atom is 0.357 e. The third kappa shape index (κ3) is 7.15. The molecule has 2 aromatic rings. The maximum absolute atomic E-state index is 13.9. The number of carbonyl (C=O) groups excluding carboxylic acids is 1. The molecule has 148 valence electrons. The lowest BCUT2D eigenvalue weighted by Gasteiger charge is -2.06. The molecule has 0 aliphatic carbocycles. The maximum atomic E-state index is 13.9. The van der Waals surface area contributed by atoms with Gasteiger partial charge in [0.1, 0.15) is 11.2 Å². The predicted octanol–water partition coefficient (Wildman–Crippen LogP) is 1.93. The SMILES string of the molecule is N=N/C(=C\NCC(F)CCc1nnc(NC(=O)Cc2ccccn2)s1)C(=O)O. The third-order valence-corrected chi connectivity index (χ3v) is 4.27. The van der Waals surface area contributed by atoms with Gasteiger partial charge in [-0.25, -0.2) is 14.7 Å². The highest BCUT2D eigenvalue weighted by atomic mass is 32.1. The smallest absolute Gasteiger partial charge is 0.357 e. The number of alkyl halides is 1. The van der Waals surface area contributed by atoms with E-state index in [-0.39, 0.29) is 25.3 Å². The van der Waals surface area contributed by atoms with Crippen LogP contribution in [0.25, 0.3) is 0 Å². The third-order valence-electron chi connectivity index (χ3n) is 3.37. The zero-order chi connectivity index (χ0) is 20.4. The summed E-state index contributed by atoms with van der Waals surface area (Å²) in [7, 11) is 0. The minimum atomic E-state index is -1.37. The number of rotatable bonds is 11. The molecule has 28 heavy (non-hydrogen) atoms. The van der Waals surface area contributed by atoms with Crippen LogP contribution >= 0.6 is 11.3 Å². The minimum Gasteiger partial charge on any atom is -0.476 e. The first-order chi connectivity index (χ1) is 13.5. The van der Waals surface area contributed by atoms with Crippen molar-refractivity contribution in [1.82, 2.24) is 20.5 Å². The van der Waals surface area contributed by atoms with Gasteiger partial charge in [-0.05, 0) is 18.6 Å². The van der Waals surface area contributed by atoms with Crippen molar-refractivity contribution in [1.29, 1.82) is 5.53 Å². The second-order valence-corrected chi connectivity index (χ2v) is 6.60. The van der Waals surface area contributed by atoms with Gasteiger partial charge < -0.3 is 15.7 Å². The Labute approximate surface area is 163 Å². The van der Waals surface area contributed by atoms with Crippen molar-refractivity contribution in [2.75, 3.05) is 11.9 Å². The van der Waals surface area contributed by atoms with Gasteiger partial charge in [0.25, 0.3) is 0 Å². The predicted molar refractivity (Wildman–Crippen MR) is 98.6 cm³/mol. The lowest BCUT2D eigenvalue weighted by molar-refractivity contribution is -0.132. The van der Waals surface area contributed by atoms with Gasteiger partial charge in [0.05, 0.1) is 6.42 Å². The molecule has 2 heterocycles. The van der Waals surface area contributed by atoms with Gasteiger partial charge in [-0.3, -0.25) is 9.78 Å². The molecular weight excluding hydrogens is 389 g/mol. The van der Waals surface area contributed by atoms with Gasteiger partial charge in [-0.2, -0.15) is 0 Å². The van der Waals surface area contributed by atoms with Crippen molar-refractivity contribution in [2.45, 2.75) is 25.4 Å². The molecule has 12 heteroatoms. The molecule has 0 spiro atoms. The van der Waals surface area contributed by atoms with E-state index in [1.165, 1.54) is 0 Å². The average Bonchev–Trinajstić information content (AvgIpc) is 3.11. The van der Waals surface area contributed by atoms with Gasteiger partial charge in [-0.1, -0.05) is 17.4 Å². The van der Waals surface area contributed by atoms with Crippen LogP contribution < -0.4 is 10.6 Å². The second kappa shape index (κ2) is 10.8. The van der Waals surface area contributed by atoms with E-state index < -0.39 is 17.8 Å². The fraction of sp³-hybridized carbons (Fsp3) is 0.312. The normalized spacial score (nSPS) is 12.2. The molecule has 4 N–H and O–H groups in total. The molecule has 0 bridgehead atoms. The summed E-state index contributed by atoms with van der Waals surface area (Å²) < 4.78 is 13.9. The summed E-state index contributed by atoms with van der Waals surface area (Å²) in [5.74, 6) is -1.64. The number of pyridine rings is 1. The first-order valence-corrected chi connectivity index (χ1v) is 9.00. The van der Waals surface area contributed by atoms with Crippen LogP contribution in [0.15, 0.2) is 41.4 Å². The first kappa shape index (κ1) is 21.0. The van der Waals surface area contributed by atoms with E-state index in [1.54, 1.807) is 24.4 Å². The Morgan fingerprint density at radius 2 is 2.21 bits per heavy atom. The van der Waals surface area contributed by atoms with Gasteiger partial charge >= 0.3 is 5.97 Å². The number of carbonyl (C=O) groups is 2. The van der Waals surface area contributed by atoms with E-state index in [9.17, 15) is 14.0 Å². The number of aryl methyl sites for hydroxylation is 1. The summed E-state index contributed by atoms with van der Waals surface area (Å²) in [5, 5.41) is 25.3. The monoisotopic (exact) mass is 407 g/mol. The number of aromatic nitrogens is 3. The number of carboxylic acid groups (broad SMARTS) is 1. The average molecular weight is 407 g/mol. The summed E-state index contributed by atoms with van der Waals surface area (Å²) in [6, 6.07) is 5.30. The molecule has 10 nitrogen and oxygen atoms in total. The molecule has 1 atom stereocenters. The van der Waals surface area contributed by atoms with E-state index in [4.69, 9.17) is 10.6 Å². The number of anilines is 1. The molecule has 0 radical (unpaired) electrons. The van der Waals surface area contributed by atoms with Crippen molar-refractivity contribution in [2.24, 2.45) is 5.11 Å². The zero-order valence-corrected chi connectivity index (χ0v) is 15.4. The molecular formula is C16H18FN7O3S. The molecule has 2 aromatic heterocycles. The number of nitrogens with one attached hydrogen (secondary N) is 3. The number of aliphatic carboxylic acids is 1. The van der Waals surface area contributed by atoms with Crippen LogP contribution in [0, 0.1) is 5.53 Å². The summed E-state index contributed by atoms with van der Waals surface area (Å²) in [5.41, 5.74) is 6.80. The highest BCUT2D eigenvalue weighted by Gasteiger charge is 2.12. The molecule has 0 fully saturated rings. The van der Waals surface area contributed by atoms with Gasteiger partial charge in [-0.15, -0.1) is 15.3 Å². The second-order valence-electron chi connectivity index (χ2n) is 5.54. The van der Waals surface area contributed by atoms with E-state index in [0.29, 0.717) is 22.3 Å². The Bertz CT molecular complexity index is 844. The lowest BCUT2D eigenvalue weighted by Crippen LogP contribution is -2.21. The van der Waals surface area contributed by atoms with E-state index in [2.05, 4.69) is 30.9 Å². The Morgan fingerprint density at radius 1 is 1.39 bits per heavy atom. The van der Waals surface area contributed by atoms with Gasteiger partial charge in [0.15, 0.2) is 5.70 Å². The molecule has 0 saturated heterocycles.